The molecule has 4 heterocycles. The predicted molar refractivity (Wildman–Crippen MR) is 166 cm³/mol. The van der Waals surface area contributed by atoms with Gasteiger partial charge in [-0.05, 0) is 75.2 Å². The van der Waals surface area contributed by atoms with Gasteiger partial charge in [-0.2, -0.15) is 52.7 Å². The summed E-state index contributed by atoms with van der Waals surface area (Å²) in [6.07, 6.45) is -14.8. The molecule has 4 aromatic rings. The maximum Gasteiger partial charge on any atom is 0.417 e. The highest BCUT2D eigenvalue weighted by Gasteiger charge is 2.43. The Kier molecular flexibility index (Phi) is 10.1. The first-order valence-corrected chi connectivity index (χ1v) is 16.3. The molecule has 0 bridgehead atoms. The van der Waals surface area contributed by atoms with Gasteiger partial charge in [-0.15, -0.1) is 0 Å². The summed E-state index contributed by atoms with van der Waals surface area (Å²) in [5.41, 5.74) is -7.39. The van der Waals surface area contributed by atoms with Gasteiger partial charge < -0.3 is 0 Å². The van der Waals surface area contributed by atoms with E-state index in [0.717, 1.165) is 38.1 Å². The van der Waals surface area contributed by atoms with Gasteiger partial charge in [0.25, 0.3) is 0 Å². The molecule has 0 radical (unpaired) electrons. The first kappa shape index (κ1) is 37.6. The highest BCUT2D eigenvalue weighted by Crippen LogP contribution is 2.46. The largest absolute Gasteiger partial charge is 0.417 e. The lowest BCUT2D eigenvalue weighted by Crippen LogP contribution is -2.45. The Labute approximate surface area is 290 Å². The van der Waals surface area contributed by atoms with Crippen LogP contribution in [0, 0.1) is 0 Å². The van der Waals surface area contributed by atoms with Crippen LogP contribution >= 0.6 is 0 Å². The van der Waals surface area contributed by atoms with Crippen molar-refractivity contribution in [3.8, 4) is 22.3 Å². The Morgan fingerprint density at radius 2 is 0.808 bits per heavy atom. The summed E-state index contributed by atoms with van der Waals surface area (Å²) >= 11 is 0. The van der Waals surface area contributed by atoms with E-state index in [2.05, 4.69) is 19.8 Å². The lowest BCUT2D eigenvalue weighted by atomic mass is 9.94. The molecule has 2 aromatic heterocycles. The van der Waals surface area contributed by atoms with Crippen molar-refractivity contribution in [1.29, 1.82) is 0 Å². The monoisotopic (exact) mass is 746 g/mol. The van der Waals surface area contributed by atoms with Gasteiger partial charge >= 0.3 is 24.7 Å². The fourth-order valence-electron chi connectivity index (χ4n) is 7.39. The molecule has 2 aromatic carbocycles. The summed E-state index contributed by atoms with van der Waals surface area (Å²) in [7, 11) is 0. The van der Waals surface area contributed by atoms with Crippen molar-refractivity contribution in [1.82, 2.24) is 19.8 Å². The Morgan fingerprint density at radius 1 is 0.481 bits per heavy atom. The molecule has 6 rings (SSSR count). The van der Waals surface area contributed by atoms with E-state index < -0.39 is 58.1 Å². The molecule has 52 heavy (non-hydrogen) atoms. The second-order valence-electron chi connectivity index (χ2n) is 12.9. The van der Waals surface area contributed by atoms with Gasteiger partial charge in [0.1, 0.15) is 0 Å². The zero-order valence-electron chi connectivity index (χ0n) is 27.1. The van der Waals surface area contributed by atoms with E-state index in [-0.39, 0.29) is 36.3 Å². The maximum atomic E-state index is 13.7. The third-order valence-corrected chi connectivity index (χ3v) is 9.58. The number of likely N-dealkylation sites (tertiary alicyclic amines) is 2. The molecule has 2 aliphatic rings. The highest BCUT2D eigenvalue weighted by atomic mass is 19.4. The average Bonchev–Trinajstić information content (AvgIpc) is 3.72. The number of alkyl halides is 12. The molecular weight excluding hydrogens is 716 g/mol. The van der Waals surface area contributed by atoms with Crippen molar-refractivity contribution in [3.63, 3.8) is 0 Å². The fraction of sp³-hybridized carbons (Fsp3) is 0.389. The summed E-state index contributed by atoms with van der Waals surface area (Å²) in [6.45, 7) is 1.91. The van der Waals surface area contributed by atoms with Crippen LogP contribution in [-0.2, 0) is 37.8 Å². The first-order valence-electron chi connectivity index (χ1n) is 16.3. The number of nitrogens with zero attached hydrogens (tertiary/aromatic N) is 4. The number of pyridine rings is 2. The lowest BCUT2D eigenvalue weighted by Gasteiger charge is -2.35. The van der Waals surface area contributed by atoms with Crippen LogP contribution in [0.5, 0.6) is 0 Å². The third-order valence-electron chi connectivity index (χ3n) is 9.58. The molecule has 0 spiro atoms. The second kappa shape index (κ2) is 14.0. The summed E-state index contributed by atoms with van der Waals surface area (Å²) < 4.78 is 165. The van der Waals surface area contributed by atoms with E-state index in [1.165, 1.54) is 24.3 Å². The van der Waals surface area contributed by atoms with E-state index in [1.807, 2.05) is 0 Å². The average molecular weight is 747 g/mol. The molecule has 2 fully saturated rings. The van der Waals surface area contributed by atoms with Gasteiger partial charge in [0.15, 0.2) is 0 Å². The Balaban J connectivity index is 1.18. The van der Waals surface area contributed by atoms with Crippen LogP contribution in [0.1, 0.15) is 59.3 Å². The second-order valence-corrected chi connectivity index (χ2v) is 12.9. The van der Waals surface area contributed by atoms with Gasteiger partial charge in [-0.25, -0.2) is 0 Å². The van der Waals surface area contributed by atoms with Gasteiger partial charge in [-0.1, -0.05) is 24.3 Å². The molecular formula is C36H30F12N4. The Bertz CT molecular complexity index is 1660. The maximum absolute atomic E-state index is 13.7. The number of benzene rings is 2. The van der Waals surface area contributed by atoms with Crippen LogP contribution in [0.2, 0.25) is 0 Å². The zero-order chi connectivity index (χ0) is 37.6. The van der Waals surface area contributed by atoms with E-state index >= 15 is 0 Å². The molecule has 4 nitrogen and oxygen atoms in total. The van der Waals surface area contributed by atoms with Gasteiger partial charge in [0.05, 0.1) is 33.6 Å². The molecule has 0 aliphatic carbocycles. The first-order chi connectivity index (χ1) is 24.3. The molecule has 0 amide bonds. The molecule has 0 saturated carbocycles. The van der Waals surface area contributed by atoms with Crippen LogP contribution in [0.25, 0.3) is 22.3 Å². The Morgan fingerprint density at radius 3 is 1.08 bits per heavy atom. The normalized spacial score (nSPS) is 19.5. The molecule has 2 aliphatic heterocycles. The van der Waals surface area contributed by atoms with Gasteiger partial charge in [-0.3, -0.25) is 19.8 Å². The van der Waals surface area contributed by atoms with Gasteiger partial charge in [0, 0.05) is 59.8 Å². The van der Waals surface area contributed by atoms with Crippen LogP contribution < -0.4 is 0 Å². The van der Waals surface area contributed by atoms with Crippen LogP contribution in [0.15, 0.2) is 73.1 Å². The summed E-state index contributed by atoms with van der Waals surface area (Å²) in [5.74, 6) is 0. The topological polar surface area (TPSA) is 32.3 Å². The quantitative estimate of drug-likeness (QED) is 0.176. The van der Waals surface area contributed by atoms with Crippen molar-refractivity contribution in [2.45, 2.75) is 75.6 Å². The van der Waals surface area contributed by atoms with Crippen molar-refractivity contribution in [2.24, 2.45) is 0 Å². The summed E-state index contributed by atoms with van der Waals surface area (Å²) in [4.78, 5) is 12.8. The SMILES string of the molecule is FC(F)(F)c1cccc(C(F)(F)F)c1-c1ccc(CN2CCC[C@@H]2[C@H]2CCCN2Cc2ccc(-c3c(C(F)(F)F)cccc3C(F)(F)F)cn2)nc1. The molecule has 278 valence electrons. The minimum atomic E-state index is -5.03. The van der Waals surface area contributed by atoms with E-state index in [0.29, 0.717) is 60.9 Å². The van der Waals surface area contributed by atoms with Crippen LogP contribution in [0.4, 0.5) is 52.7 Å². The highest BCUT2D eigenvalue weighted by molar-refractivity contribution is 5.73. The number of aromatic nitrogens is 2. The van der Waals surface area contributed by atoms with E-state index in [9.17, 15) is 52.7 Å². The molecule has 16 heteroatoms. The summed E-state index contributed by atoms with van der Waals surface area (Å²) in [6, 6.07) is 9.08. The summed E-state index contributed by atoms with van der Waals surface area (Å²) in [5, 5.41) is 0. The number of hydrogen-bond acceptors (Lipinski definition) is 4. The molecule has 2 atom stereocenters. The third kappa shape index (κ3) is 7.92. The molecule has 0 unspecified atom stereocenters. The van der Waals surface area contributed by atoms with Crippen molar-refractivity contribution in [2.75, 3.05) is 13.1 Å². The van der Waals surface area contributed by atoms with Crippen LogP contribution in [-0.4, -0.2) is 44.9 Å². The van der Waals surface area contributed by atoms with E-state index in [4.69, 9.17) is 0 Å². The number of rotatable bonds is 7. The number of halogens is 12. The predicted octanol–water partition coefficient (Wildman–Crippen LogP) is 10.5. The Hall–Kier alpha value is -4.18. The standard InChI is InChI=1S/C36H30F12N4/c37-33(38,39)25-5-1-6-26(34(40,41)42)31(25)21-11-13-23(49-17-21)19-51-15-3-9-29(51)30-10-4-16-52(30)20-24-14-12-22(18-50-24)32-27(35(43,44)45)7-2-8-28(32)36(46,47)48/h1-2,5-8,11-14,17-18,29-30H,3-4,9-10,15-16,19-20H2/t29-,30-/m1/s1. The van der Waals surface area contributed by atoms with Crippen molar-refractivity contribution in [3.05, 3.63) is 107 Å². The fourth-order valence-corrected chi connectivity index (χ4v) is 7.39. The minimum absolute atomic E-state index is 0.0130. The number of hydrogen-bond donors (Lipinski definition) is 0. The van der Waals surface area contributed by atoms with E-state index in [1.54, 1.807) is 0 Å². The van der Waals surface area contributed by atoms with Crippen molar-refractivity contribution >= 4 is 0 Å². The molecule has 0 N–H and O–H groups in total. The van der Waals surface area contributed by atoms with Crippen LogP contribution in [0.3, 0.4) is 0 Å². The smallest absolute Gasteiger partial charge is 0.293 e. The van der Waals surface area contributed by atoms with Crippen molar-refractivity contribution < 1.29 is 52.7 Å². The zero-order valence-corrected chi connectivity index (χ0v) is 27.1. The lowest BCUT2D eigenvalue weighted by molar-refractivity contribution is -0.143. The molecule has 2 saturated heterocycles. The van der Waals surface area contributed by atoms with Gasteiger partial charge in [0.2, 0.25) is 0 Å². The minimum Gasteiger partial charge on any atom is -0.293 e.